The summed E-state index contributed by atoms with van der Waals surface area (Å²) in [5.74, 6) is -1.30. The van der Waals surface area contributed by atoms with Crippen LogP contribution in [-0.4, -0.2) is 34.8 Å². The van der Waals surface area contributed by atoms with Gasteiger partial charge < -0.3 is 14.7 Å². The number of aliphatic hydroxyl groups excluding tert-OH is 1. The molecule has 1 atom stereocenters. The van der Waals surface area contributed by atoms with Crippen LogP contribution >= 0.6 is 0 Å². The minimum Gasteiger partial charge on any atom is -0.507 e. The van der Waals surface area contributed by atoms with E-state index in [4.69, 9.17) is 4.74 Å². The Morgan fingerprint density at radius 2 is 1.78 bits per heavy atom. The molecule has 0 bridgehead atoms. The van der Waals surface area contributed by atoms with Crippen LogP contribution in [0.4, 0.5) is 4.39 Å². The maximum atomic E-state index is 13.5. The van der Waals surface area contributed by atoms with Crippen LogP contribution in [-0.2, 0) is 9.59 Å². The van der Waals surface area contributed by atoms with Gasteiger partial charge in [-0.3, -0.25) is 9.59 Å². The molecule has 0 aromatic heterocycles. The molecule has 32 heavy (non-hydrogen) atoms. The van der Waals surface area contributed by atoms with Crippen molar-refractivity contribution in [2.45, 2.75) is 52.5 Å². The normalized spacial score (nSPS) is 17.8. The van der Waals surface area contributed by atoms with Crippen molar-refractivity contribution < 1.29 is 23.8 Å². The largest absolute Gasteiger partial charge is 0.507 e. The number of aryl methyl sites for hydroxylation is 1. The predicted molar refractivity (Wildman–Crippen MR) is 122 cm³/mol. The van der Waals surface area contributed by atoms with E-state index in [1.165, 1.54) is 17.0 Å². The van der Waals surface area contributed by atoms with E-state index in [-0.39, 0.29) is 11.3 Å². The highest BCUT2D eigenvalue weighted by atomic mass is 19.1. The van der Waals surface area contributed by atoms with Crippen molar-refractivity contribution in [2.24, 2.45) is 0 Å². The van der Waals surface area contributed by atoms with Crippen LogP contribution in [0.2, 0.25) is 0 Å². The summed E-state index contributed by atoms with van der Waals surface area (Å²) in [4.78, 5) is 27.4. The van der Waals surface area contributed by atoms with Gasteiger partial charge in [-0.05, 0) is 61.2 Å². The number of likely N-dealkylation sites (tertiary alicyclic amines) is 1. The molecule has 1 heterocycles. The Bertz CT molecular complexity index is 1010. The first kappa shape index (κ1) is 23.5. The van der Waals surface area contributed by atoms with Gasteiger partial charge in [0.1, 0.15) is 17.3 Å². The van der Waals surface area contributed by atoms with Gasteiger partial charge in [0.25, 0.3) is 11.7 Å². The molecule has 1 aliphatic heterocycles. The van der Waals surface area contributed by atoms with Crippen LogP contribution in [0.25, 0.3) is 5.76 Å². The Hall–Kier alpha value is -3.15. The Morgan fingerprint density at radius 1 is 1.06 bits per heavy atom. The highest BCUT2D eigenvalue weighted by Gasteiger charge is 2.45. The van der Waals surface area contributed by atoms with Gasteiger partial charge in [0.15, 0.2) is 0 Å². The van der Waals surface area contributed by atoms with Crippen LogP contribution in [0.3, 0.4) is 0 Å². The van der Waals surface area contributed by atoms with Gasteiger partial charge in [-0.1, -0.05) is 38.8 Å². The fraction of sp³-hybridized carbons (Fsp3) is 0.385. The number of hydrogen-bond donors (Lipinski definition) is 1. The molecule has 1 N–H and O–H groups in total. The molecule has 170 valence electrons. The molecule has 1 amide bonds. The van der Waals surface area contributed by atoms with Gasteiger partial charge in [-0.2, -0.15) is 0 Å². The van der Waals surface area contributed by atoms with Crippen molar-refractivity contribution >= 4 is 17.4 Å². The molecule has 2 aromatic rings. The average molecular weight is 440 g/mol. The molecule has 0 radical (unpaired) electrons. The molecule has 6 heteroatoms. The van der Waals surface area contributed by atoms with Crippen molar-refractivity contribution in [3.05, 3.63) is 70.5 Å². The lowest BCUT2D eigenvalue weighted by Crippen LogP contribution is -2.30. The van der Waals surface area contributed by atoms with E-state index in [1.807, 2.05) is 13.8 Å². The molecule has 1 aliphatic rings. The van der Waals surface area contributed by atoms with Gasteiger partial charge >= 0.3 is 0 Å². The van der Waals surface area contributed by atoms with E-state index in [2.05, 4.69) is 6.92 Å². The van der Waals surface area contributed by atoms with E-state index in [1.54, 1.807) is 30.3 Å². The highest BCUT2D eigenvalue weighted by Crippen LogP contribution is 2.40. The number of amides is 1. The molecular weight excluding hydrogens is 409 g/mol. The standard InChI is InChI=1S/C26H30FNO4/c1-4-6-7-14-28-23(18-8-11-20(27)12-9-18)22(25(30)26(28)31)24(29)19-10-13-21(17(3)16-19)32-15-5-2/h8-13,16,23,29H,4-7,14-15H2,1-3H3/b24-22-. The fourth-order valence-corrected chi connectivity index (χ4v) is 3.96. The van der Waals surface area contributed by atoms with E-state index in [9.17, 15) is 19.1 Å². The first-order valence-corrected chi connectivity index (χ1v) is 11.2. The molecule has 0 aliphatic carbocycles. The number of carbonyl (C=O) groups is 2. The van der Waals surface area contributed by atoms with E-state index in [0.29, 0.717) is 30.0 Å². The van der Waals surface area contributed by atoms with Crippen LogP contribution < -0.4 is 4.74 Å². The van der Waals surface area contributed by atoms with Crippen molar-refractivity contribution in [3.8, 4) is 5.75 Å². The second-order valence-corrected chi connectivity index (χ2v) is 8.08. The number of Topliss-reactive ketones (excluding diaryl/α,β-unsaturated/α-hetero) is 1. The highest BCUT2D eigenvalue weighted by molar-refractivity contribution is 6.46. The summed E-state index contributed by atoms with van der Waals surface area (Å²) < 4.78 is 19.2. The molecule has 2 aromatic carbocycles. The summed E-state index contributed by atoms with van der Waals surface area (Å²) in [7, 11) is 0. The smallest absolute Gasteiger partial charge is 0.295 e. The van der Waals surface area contributed by atoms with Gasteiger partial charge in [0.2, 0.25) is 0 Å². The third-order valence-electron chi connectivity index (χ3n) is 5.64. The van der Waals surface area contributed by atoms with Crippen LogP contribution in [0, 0.1) is 12.7 Å². The maximum Gasteiger partial charge on any atom is 0.295 e. The summed E-state index contributed by atoms with van der Waals surface area (Å²) in [6.07, 6.45) is 3.50. The van der Waals surface area contributed by atoms with Gasteiger partial charge in [-0.25, -0.2) is 4.39 Å². The van der Waals surface area contributed by atoms with Gasteiger partial charge in [0, 0.05) is 12.1 Å². The summed E-state index contributed by atoms with van der Waals surface area (Å²) in [5, 5.41) is 11.1. The SMILES string of the molecule is CCCCCN1C(=O)C(=O)/C(=C(\O)c2ccc(OCCC)c(C)c2)C1c1ccc(F)cc1. The second-order valence-electron chi connectivity index (χ2n) is 8.08. The summed E-state index contributed by atoms with van der Waals surface area (Å²) >= 11 is 0. The van der Waals surface area contributed by atoms with Crippen molar-refractivity contribution in [2.75, 3.05) is 13.2 Å². The minimum atomic E-state index is -0.760. The number of benzene rings is 2. The number of rotatable bonds is 9. The summed E-state index contributed by atoms with van der Waals surface area (Å²) in [6.45, 7) is 6.91. The third kappa shape index (κ3) is 4.85. The maximum absolute atomic E-state index is 13.5. The minimum absolute atomic E-state index is 0.0275. The number of aliphatic hydroxyl groups is 1. The lowest BCUT2D eigenvalue weighted by atomic mass is 9.94. The first-order chi connectivity index (χ1) is 15.4. The number of hydrogen-bond acceptors (Lipinski definition) is 4. The lowest BCUT2D eigenvalue weighted by Gasteiger charge is -2.25. The lowest BCUT2D eigenvalue weighted by molar-refractivity contribution is -0.139. The monoisotopic (exact) mass is 439 g/mol. The molecule has 0 spiro atoms. The second kappa shape index (κ2) is 10.4. The Kier molecular flexibility index (Phi) is 7.67. The number of halogens is 1. The van der Waals surface area contributed by atoms with Crippen LogP contribution in [0.1, 0.15) is 62.3 Å². The zero-order chi connectivity index (χ0) is 23.3. The van der Waals surface area contributed by atoms with Crippen molar-refractivity contribution in [1.29, 1.82) is 0 Å². The van der Waals surface area contributed by atoms with E-state index < -0.39 is 23.5 Å². The Morgan fingerprint density at radius 3 is 2.41 bits per heavy atom. The number of ether oxygens (including phenoxy) is 1. The van der Waals surface area contributed by atoms with E-state index in [0.717, 1.165) is 31.2 Å². The fourth-order valence-electron chi connectivity index (χ4n) is 3.96. The molecule has 1 unspecified atom stereocenters. The van der Waals surface area contributed by atoms with Crippen LogP contribution in [0.15, 0.2) is 48.0 Å². The topological polar surface area (TPSA) is 66.8 Å². The predicted octanol–water partition coefficient (Wildman–Crippen LogP) is 5.53. The zero-order valence-electron chi connectivity index (χ0n) is 18.9. The molecule has 5 nitrogen and oxygen atoms in total. The van der Waals surface area contributed by atoms with Gasteiger partial charge in [-0.15, -0.1) is 0 Å². The number of nitrogens with zero attached hydrogens (tertiary/aromatic N) is 1. The molecule has 1 saturated heterocycles. The van der Waals surface area contributed by atoms with Crippen molar-refractivity contribution in [3.63, 3.8) is 0 Å². The summed E-state index contributed by atoms with van der Waals surface area (Å²) in [5.41, 5.74) is 1.87. The molecular formula is C26H30FNO4. The molecule has 0 saturated carbocycles. The van der Waals surface area contributed by atoms with Gasteiger partial charge in [0.05, 0.1) is 18.2 Å². The molecule has 1 fully saturated rings. The Balaban J connectivity index is 2.06. The quantitative estimate of drug-likeness (QED) is 0.241. The van der Waals surface area contributed by atoms with E-state index >= 15 is 0 Å². The zero-order valence-corrected chi connectivity index (χ0v) is 18.9. The van der Waals surface area contributed by atoms with Crippen LogP contribution in [0.5, 0.6) is 5.75 Å². The number of ketones is 1. The third-order valence-corrected chi connectivity index (χ3v) is 5.64. The first-order valence-electron chi connectivity index (χ1n) is 11.2. The average Bonchev–Trinajstić information content (AvgIpc) is 3.03. The van der Waals surface area contributed by atoms with Crippen molar-refractivity contribution in [1.82, 2.24) is 4.90 Å². The Labute approximate surface area is 188 Å². The summed E-state index contributed by atoms with van der Waals surface area (Å²) in [6, 6.07) is 10.1. The number of unbranched alkanes of at least 4 members (excludes halogenated alkanes) is 2. The number of carbonyl (C=O) groups excluding carboxylic acids is 2. The molecule has 3 rings (SSSR count).